The highest BCUT2D eigenvalue weighted by Gasteiger charge is 2.23. The van der Waals surface area contributed by atoms with E-state index in [2.05, 4.69) is 10.6 Å². The molecule has 1 aliphatic heterocycles. The number of benzene rings is 1. The SMILES string of the molecule is O=C(NCC1CCCNC1)c1occc1CS(=O)(=O)c1ccccc1. The number of piperidine rings is 1. The molecule has 0 bridgehead atoms. The van der Waals surface area contributed by atoms with Crippen LogP contribution in [0.4, 0.5) is 0 Å². The van der Waals surface area contributed by atoms with Gasteiger partial charge in [-0.05, 0) is 50.0 Å². The third kappa shape index (κ3) is 4.49. The van der Waals surface area contributed by atoms with Gasteiger partial charge in [-0.2, -0.15) is 0 Å². The highest BCUT2D eigenvalue weighted by atomic mass is 32.2. The minimum absolute atomic E-state index is 0.0725. The highest BCUT2D eigenvalue weighted by molar-refractivity contribution is 7.90. The van der Waals surface area contributed by atoms with E-state index in [1.807, 2.05) is 0 Å². The number of rotatable bonds is 6. The van der Waals surface area contributed by atoms with Crippen molar-refractivity contribution in [2.24, 2.45) is 5.92 Å². The van der Waals surface area contributed by atoms with Crippen molar-refractivity contribution >= 4 is 15.7 Å². The van der Waals surface area contributed by atoms with Crippen LogP contribution in [0.15, 0.2) is 52.0 Å². The van der Waals surface area contributed by atoms with Crippen LogP contribution in [-0.4, -0.2) is 34.0 Å². The van der Waals surface area contributed by atoms with Gasteiger partial charge in [0.25, 0.3) is 5.91 Å². The van der Waals surface area contributed by atoms with E-state index in [0.717, 1.165) is 25.9 Å². The normalized spacial score (nSPS) is 18.0. The molecule has 1 fully saturated rings. The summed E-state index contributed by atoms with van der Waals surface area (Å²) in [4.78, 5) is 12.6. The standard InChI is InChI=1S/C18H22N2O4S/c21-18(20-12-14-5-4-9-19-11-14)17-15(8-10-24-17)13-25(22,23)16-6-2-1-3-7-16/h1-3,6-8,10,14,19H,4-5,9,11-13H2,(H,20,21). The van der Waals surface area contributed by atoms with Crippen molar-refractivity contribution in [3.8, 4) is 0 Å². The molecule has 25 heavy (non-hydrogen) atoms. The van der Waals surface area contributed by atoms with E-state index in [1.165, 1.54) is 12.3 Å². The van der Waals surface area contributed by atoms with Crippen molar-refractivity contribution in [2.45, 2.75) is 23.5 Å². The van der Waals surface area contributed by atoms with Gasteiger partial charge in [-0.25, -0.2) is 8.42 Å². The van der Waals surface area contributed by atoms with Crippen molar-refractivity contribution in [3.05, 3.63) is 54.0 Å². The predicted octanol–water partition coefficient (Wildman–Crippen LogP) is 1.98. The average Bonchev–Trinajstić information content (AvgIpc) is 3.09. The molecule has 1 atom stereocenters. The van der Waals surface area contributed by atoms with Crippen LogP contribution in [0, 0.1) is 5.92 Å². The quantitative estimate of drug-likeness (QED) is 0.820. The van der Waals surface area contributed by atoms with Gasteiger partial charge in [-0.1, -0.05) is 18.2 Å². The molecule has 2 aromatic rings. The Morgan fingerprint density at radius 3 is 2.76 bits per heavy atom. The lowest BCUT2D eigenvalue weighted by atomic mass is 10.00. The van der Waals surface area contributed by atoms with Crippen LogP contribution in [0.25, 0.3) is 0 Å². The van der Waals surface area contributed by atoms with E-state index in [9.17, 15) is 13.2 Å². The Balaban J connectivity index is 1.66. The summed E-state index contributed by atoms with van der Waals surface area (Å²) in [7, 11) is -3.52. The summed E-state index contributed by atoms with van der Waals surface area (Å²) in [6.07, 6.45) is 3.52. The Morgan fingerprint density at radius 2 is 2.04 bits per heavy atom. The zero-order chi connectivity index (χ0) is 17.7. The van der Waals surface area contributed by atoms with Gasteiger partial charge in [-0.3, -0.25) is 4.79 Å². The molecular formula is C18H22N2O4S. The van der Waals surface area contributed by atoms with E-state index < -0.39 is 9.84 Å². The van der Waals surface area contributed by atoms with Crippen molar-refractivity contribution in [1.29, 1.82) is 0 Å². The average molecular weight is 362 g/mol. The molecule has 7 heteroatoms. The second kappa shape index (κ2) is 7.84. The lowest BCUT2D eigenvalue weighted by Crippen LogP contribution is -2.38. The fraction of sp³-hybridized carbons (Fsp3) is 0.389. The molecule has 1 amide bonds. The Labute approximate surface area is 147 Å². The highest BCUT2D eigenvalue weighted by Crippen LogP contribution is 2.20. The first kappa shape index (κ1) is 17.7. The molecule has 0 saturated carbocycles. The number of hydrogen-bond acceptors (Lipinski definition) is 5. The maximum atomic E-state index is 12.5. The van der Waals surface area contributed by atoms with Crippen LogP contribution in [0.2, 0.25) is 0 Å². The van der Waals surface area contributed by atoms with Gasteiger partial charge in [0.05, 0.1) is 16.9 Å². The zero-order valence-electron chi connectivity index (χ0n) is 13.9. The molecular weight excluding hydrogens is 340 g/mol. The van der Waals surface area contributed by atoms with Gasteiger partial charge < -0.3 is 15.1 Å². The lowest BCUT2D eigenvalue weighted by molar-refractivity contribution is 0.0916. The maximum Gasteiger partial charge on any atom is 0.287 e. The summed E-state index contributed by atoms with van der Waals surface area (Å²) in [5.74, 6) is -0.164. The molecule has 6 nitrogen and oxygen atoms in total. The molecule has 134 valence electrons. The number of sulfone groups is 1. The van der Waals surface area contributed by atoms with Crippen molar-refractivity contribution < 1.29 is 17.6 Å². The summed E-state index contributed by atoms with van der Waals surface area (Å²) in [5.41, 5.74) is 0.378. The van der Waals surface area contributed by atoms with Gasteiger partial charge in [0.2, 0.25) is 0 Å². The second-order valence-electron chi connectivity index (χ2n) is 6.27. The largest absolute Gasteiger partial charge is 0.459 e. The molecule has 0 radical (unpaired) electrons. The van der Waals surface area contributed by atoms with E-state index in [1.54, 1.807) is 30.3 Å². The summed E-state index contributed by atoms with van der Waals surface area (Å²) < 4.78 is 30.3. The second-order valence-corrected chi connectivity index (χ2v) is 8.26. The smallest absolute Gasteiger partial charge is 0.287 e. The Bertz CT molecular complexity index is 809. The molecule has 1 aliphatic rings. The van der Waals surface area contributed by atoms with E-state index in [4.69, 9.17) is 4.42 Å². The third-order valence-corrected chi connectivity index (χ3v) is 6.03. The molecule has 1 aromatic carbocycles. The third-order valence-electron chi connectivity index (χ3n) is 4.35. The first-order chi connectivity index (χ1) is 12.1. The summed E-state index contributed by atoms with van der Waals surface area (Å²) in [6.45, 7) is 2.45. The van der Waals surface area contributed by atoms with E-state index in [0.29, 0.717) is 18.0 Å². The lowest BCUT2D eigenvalue weighted by Gasteiger charge is -2.22. The maximum absolute atomic E-state index is 12.5. The number of nitrogens with one attached hydrogen (secondary N) is 2. The molecule has 1 unspecified atom stereocenters. The van der Waals surface area contributed by atoms with Gasteiger partial charge in [0.15, 0.2) is 15.6 Å². The molecule has 2 N–H and O–H groups in total. The van der Waals surface area contributed by atoms with Crippen LogP contribution in [0.3, 0.4) is 0 Å². The Hall–Kier alpha value is -2.12. The first-order valence-corrected chi connectivity index (χ1v) is 10.0. The topological polar surface area (TPSA) is 88.4 Å². The molecule has 0 spiro atoms. The first-order valence-electron chi connectivity index (χ1n) is 8.39. The molecule has 2 heterocycles. The fourth-order valence-electron chi connectivity index (χ4n) is 2.98. The van der Waals surface area contributed by atoms with Crippen molar-refractivity contribution in [2.75, 3.05) is 19.6 Å². The van der Waals surface area contributed by atoms with Crippen molar-refractivity contribution in [3.63, 3.8) is 0 Å². The van der Waals surface area contributed by atoms with Crippen LogP contribution in [0.1, 0.15) is 29.0 Å². The minimum atomic E-state index is -3.52. The summed E-state index contributed by atoms with van der Waals surface area (Å²) >= 11 is 0. The van der Waals surface area contributed by atoms with Gasteiger partial charge in [0.1, 0.15) is 0 Å². The van der Waals surface area contributed by atoms with E-state index >= 15 is 0 Å². The Morgan fingerprint density at radius 1 is 1.24 bits per heavy atom. The number of hydrogen-bond donors (Lipinski definition) is 2. The monoisotopic (exact) mass is 362 g/mol. The zero-order valence-corrected chi connectivity index (χ0v) is 14.7. The van der Waals surface area contributed by atoms with Gasteiger partial charge in [0, 0.05) is 12.1 Å². The molecule has 1 aromatic heterocycles. The predicted molar refractivity (Wildman–Crippen MR) is 94.0 cm³/mol. The van der Waals surface area contributed by atoms with Crippen LogP contribution >= 0.6 is 0 Å². The van der Waals surface area contributed by atoms with Gasteiger partial charge >= 0.3 is 0 Å². The number of carbonyl (C=O) groups excluding carboxylic acids is 1. The van der Waals surface area contributed by atoms with Crippen LogP contribution in [-0.2, 0) is 15.6 Å². The summed E-state index contributed by atoms with van der Waals surface area (Å²) in [5, 5.41) is 6.15. The van der Waals surface area contributed by atoms with Gasteiger partial charge in [-0.15, -0.1) is 0 Å². The fourth-order valence-corrected chi connectivity index (χ4v) is 4.36. The molecule has 1 saturated heterocycles. The number of amides is 1. The van der Waals surface area contributed by atoms with Crippen molar-refractivity contribution in [1.82, 2.24) is 10.6 Å². The number of furan rings is 1. The van der Waals surface area contributed by atoms with Crippen LogP contribution in [0.5, 0.6) is 0 Å². The van der Waals surface area contributed by atoms with E-state index in [-0.39, 0.29) is 22.3 Å². The molecule has 0 aliphatic carbocycles. The number of carbonyl (C=O) groups is 1. The summed E-state index contributed by atoms with van der Waals surface area (Å²) in [6, 6.07) is 9.74. The van der Waals surface area contributed by atoms with Crippen LogP contribution < -0.4 is 10.6 Å². The Kier molecular flexibility index (Phi) is 5.55. The minimum Gasteiger partial charge on any atom is -0.459 e. The molecule has 3 rings (SSSR count).